The highest BCUT2D eigenvalue weighted by atomic mass is 28.4. The lowest BCUT2D eigenvalue weighted by molar-refractivity contribution is -0.937. The molecule has 194 valence electrons. The molecule has 0 aliphatic carbocycles. The van der Waals surface area contributed by atoms with Crippen LogP contribution in [0.2, 0.25) is 18.1 Å². The predicted octanol–water partition coefficient (Wildman–Crippen LogP) is 5.41. The Hall–Kier alpha value is -1.62. The molecular weight excluding hydrogens is 459 g/mol. The highest BCUT2D eigenvalue weighted by Crippen LogP contribution is 2.42. The van der Waals surface area contributed by atoms with Crippen LogP contribution in [0.5, 0.6) is 0 Å². The molecule has 0 aromatic carbocycles. The number of hydrogen-bond donors (Lipinski definition) is 0. The Bertz CT molecular complexity index is 838. The summed E-state index contributed by atoms with van der Waals surface area (Å²) in [4.78, 5) is 38.8. The van der Waals surface area contributed by atoms with Crippen LogP contribution in [0.1, 0.15) is 74.1 Å². The Labute approximate surface area is 204 Å². The van der Waals surface area contributed by atoms with Crippen molar-refractivity contribution in [3.63, 3.8) is 0 Å². The molecule has 1 saturated heterocycles. The van der Waals surface area contributed by atoms with Crippen molar-refractivity contribution in [2.75, 3.05) is 13.3 Å². The number of amides is 3. The fraction of sp³-hybridized carbons (Fsp3) is 0.792. The molecule has 3 amide bonds. The van der Waals surface area contributed by atoms with Crippen molar-refractivity contribution >= 4 is 26.2 Å². The van der Waals surface area contributed by atoms with Crippen molar-refractivity contribution in [1.29, 1.82) is 0 Å². The molecule has 0 spiro atoms. The molecule has 0 N–H and O–H groups in total. The maximum Gasteiger partial charge on any atom is 0.474 e. The highest BCUT2D eigenvalue weighted by Gasteiger charge is 2.57. The van der Waals surface area contributed by atoms with E-state index in [0.29, 0.717) is 19.4 Å². The van der Waals surface area contributed by atoms with Gasteiger partial charge in [-0.15, -0.1) is 0 Å². The summed E-state index contributed by atoms with van der Waals surface area (Å²) in [5, 5.41) is 0.110. The third-order valence-corrected chi connectivity index (χ3v) is 11.4. The zero-order valence-electron chi connectivity index (χ0n) is 22.2. The smallest absolute Gasteiger partial charge is 0.414 e. The molecule has 0 saturated carbocycles. The quantitative estimate of drug-likeness (QED) is 0.239. The first kappa shape index (κ1) is 28.6. The maximum atomic E-state index is 15.7. The minimum Gasteiger partial charge on any atom is -0.414 e. The Morgan fingerprint density at radius 2 is 1.85 bits per heavy atom. The third-order valence-electron chi connectivity index (χ3n) is 7.03. The van der Waals surface area contributed by atoms with Gasteiger partial charge in [0.2, 0.25) is 0 Å². The monoisotopic (exact) mass is 501 g/mol. The van der Waals surface area contributed by atoms with Gasteiger partial charge in [-0.1, -0.05) is 27.2 Å². The van der Waals surface area contributed by atoms with Crippen LogP contribution in [0.25, 0.3) is 0 Å². The molecule has 34 heavy (non-hydrogen) atoms. The number of rotatable bonds is 9. The topological polar surface area (TPSA) is 82.1 Å². The van der Waals surface area contributed by atoms with Gasteiger partial charge in [0.05, 0.1) is 28.4 Å². The Morgan fingerprint density at radius 1 is 1.24 bits per heavy atom. The van der Waals surface area contributed by atoms with E-state index >= 15 is 4.48 Å². The maximum absolute atomic E-state index is 15.7. The zero-order valence-corrected chi connectivity index (χ0v) is 23.2. The van der Waals surface area contributed by atoms with Crippen LogP contribution in [0.4, 0.5) is 9.28 Å². The van der Waals surface area contributed by atoms with Crippen LogP contribution < -0.4 is 0 Å². The van der Waals surface area contributed by atoms with E-state index in [-0.39, 0.29) is 16.7 Å². The number of imide groups is 1. The number of ether oxygens (including phenoxy) is 2. The number of hydrogen-bond acceptors (Lipinski definition) is 6. The molecule has 0 bridgehead atoms. The van der Waals surface area contributed by atoms with Crippen molar-refractivity contribution in [3.8, 4) is 0 Å². The van der Waals surface area contributed by atoms with Gasteiger partial charge in [-0.25, -0.2) is 14.5 Å². The summed E-state index contributed by atoms with van der Waals surface area (Å²) in [7, 11) is -2.00. The molecule has 8 nitrogen and oxygen atoms in total. The number of urea groups is 1. The van der Waals surface area contributed by atoms with Crippen molar-refractivity contribution < 1.29 is 37.5 Å². The molecule has 1 unspecified atom stereocenters. The van der Waals surface area contributed by atoms with Gasteiger partial charge in [0.1, 0.15) is 6.23 Å². The van der Waals surface area contributed by atoms with Crippen LogP contribution in [-0.4, -0.2) is 61.5 Å². The van der Waals surface area contributed by atoms with Gasteiger partial charge in [0.25, 0.3) is 6.73 Å². The summed E-state index contributed by atoms with van der Waals surface area (Å²) in [5.74, 6) is -1.75. The van der Waals surface area contributed by atoms with E-state index in [2.05, 4.69) is 33.9 Å². The molecule has 2 rings (SSSR count). The molecule has 0 aromatic heterocycles. The van der Waals surface area contributed by atoms with Gasteiger partial charge in [-0.2, -0.15) is 0 Å². The molecule has 3 atom stereocenters. The average Bonchev–Trinajstić information content (AvgIpc) is 3.20. The molecule has 2 heterocycles. The van der Waals surface area contributed by atoms with Gasteiger partial charge < -0.3 is 13.9 Å². The largest absolute Gasteiger partial charge is 0.474 e. The molecule has 2 aliphatic rings. The molecule has 0 aromatic rings. The minimum atomic E-state index is -2.16. The molecule has 1 fully saturated rings. The molecule has 10 heteroatoms. The van der Waals surface area contributed by atoms with Crippen LogP contribution >= 0.6 is 0 Å². The Morgan fingerprint density at radius 3 is 2.41 bits per heavy atom. The normalized spacial score (nSPS) is 26.6. The Kier molecular flexibility index (Phi) is 8.55. The van der Waals surface area contributed by atoms with Gasteiger partial charge in [0.15, 0.2) is 8.32 Å². The van der Waals surface area contributed by atoms with Gasteiger partial charge in [0, 0.05) is 10.7 Å². The van der Waals surface area contributed by atoms with Crippen molar-refractivity contribution in [3.05, 3.63) is 11.8 Å². The average molecular weight is 502 g/mol. The van der Waals surface area contributed by atoms with E-state index in [1.54, 1.807) is 20.8 Å². The van der Waals surface area contributed by atoms with E-state index in [4.69, 9.17) is 13.9 Å². The number of halogens is 1. The van der Waals surface area contributed by atoms with E-state index in [9.17, 15) is 14.4 Å². The summed E-state index contributed by atoms with van der Waals surface area (Å²) in [5.41, 5.74) is -0.844. The summed E-state index contributed by atoms with van der Waals surface area (Å²) in [6, 6.07) is -1.12. The second-order valence-electron chi connectivity index (χ2n) is 11.6. The van der Waals surface area contributed by atoms with Crippen LogP contribution in [0, 0.1) is 5.41 Å². The Balaban J connectivity index is 2.08. The fourth-order valence-corrected chi connectivity index (χ4v) is 5.83. The summed E-state index contributed by atoms with van der Waals surface area (Å²) >= 11 is 0. The zero-order chi connectivity index (χ0) is 26.1. The van der Waals surface area contributed by atoms with Crippen molar-refractivity contribution in [1.82, 2.24) is 4.90 Å². The third kappa shape index (κ3) is 5.95. The first-order chi connectivity index (χ1) is 15.5. The van der Waals surface area contributed by atoms with E-state index in [0.717, 1.165) is 17.7 Å². The first-order valence-electron chi connectivity index (χ1n) is 12.1. The number of esters is 1. The van der Waals surface area contributed by atoms with Gasteiger partial charge >= 0.3 is 17.9 Å². The van der Waals surface area contributed by atoms with Crippen LogP contribution in [-0.2, 0) is 23.5 Å². The SMILES string of the molecule is CCCC(C)(C)[Si](C)(C)OC[C@@H]1CC[C@H](N2C=C(C)C(=O)[N+](F)(COC(=O)C(C)(C)C)C2=O)O1. The molecular formula is C24H42FN2O6Si+. The minimum absolute atomic E-state index is 0.0482. The van der Waals surface area contributed by atoms with Crippen molar-refractivity contribution in [2.45, 2.75) is 105 Å². The fourth-order valence-electron chi connectivity index (χ4n) is 3.99. The number of carbonyl (C=O) groups excluding carboxylic acids is 3. The van der Waals surface area contributed by atoms with Gasteiger partial charge in [-0.05, 0) is 65.1 Å². The summed E-state index contributed by atoms with van der Waals surface area (Å²) < 4.78 is 31.0. The standard InChI is InChI=1S/C24H42FN2O6Si/c1-10-13-24(6,7)34(8,9)32-15-18-11-12-19(33-18)26-14-17(2)20(28)27(25,22(26)30)16-31-21(29)23(3,4)5/h14,18-19H,10-13,15-16H2,1-9H3/q+1/t18-,19+,27?/m0/s1. The lowest BCUT2D eigenvalue weighted by atomic mass is 9.97. The second-order valence-corrected chi connectivity index (χ2v) is 16.2. The van der Waals surface area contributed by atoms with Crippen molar-refractivity contribution in [2.24, 2.45) is 5.41 Å². The lowest BCUT2D eigenvalue weighted by Gasteiger charge is -2.40. The highest BCUT2D eigenvalue weighted by molar-refractivity contribution is 6.74. The summed E-state index contributed by atoms with van der Waals surface area (Å²) in [6.45, 7) is 16.7. The lowest BCUT2D eigenvalue weighted by Crippen LogP contribution is -2.61. The first-order valence-corrected chi connectivity index (χ1v) is 15.0. The number of nitrogens with zero attached hydrogens (tertiary/aromatic N) is 2. The number of quaternary nitrogens is 1. The van der Waals surface area contributed by atoms with Crippen LogP contribution in [0.15, 0.2) is 11.8 Å². The second kappa shape index (κ2) is 10.2. The van der Waals surface area contributed by atoms with E-state index in [1.807, 2.05) is 0 Å². The molecule has 0 radical (unpaired) electrons. The van der Waals surface area contributed by atoms with Crippen LogP contribution in [0.3, 0.4) is 0 Å². The predicted molar refractivity (Wildman–Crippen MR) is 128 cm³/mol. The molecule has 2 aliphatic heterocycles. The number of carbonyl (C=O) groups is 3. The summed E-state index contributed by atoms with van der Waals surface area (Å²) in [6.07, 6.45) is 3.68. The van der Waals surface area contributed by atoms with E-state index < -0.39 is 49.3 Å². The van der Waals surface area contributed by atoms with E-state index in [1.165, 1.54) is 13.1 Å². The van der Waals surface area contributed by atoms with Gasteiger partial charge in [-0.3, -0.25) is 4.79 Å².